The zero-order chi connectivity index (χ0) is 12.4. The molecular formula is C13H12FNO2. The van der Waals surface area contributed by atoms with Gasteiger partial charge in [-0.25, -0.2) is 9.18 Å². The van der Waals surface area contributed by atoms with E-state index in [2.05, 4.69) is 4.98 Å². The third-order valence-electron chi connectivity index (χ3n) is 2.60. The molecule has 0 spiro atoms. The Morgan fingerprint density at radius 1 is 1.29 bits per heavy atom. The molecule has 0 saturated carbocycles. The lowest BCUT2D eigenvalue weighted by Gasteiger charge is -2.04. The summed E-state index contributed by atoms with van der Waals surface area (Å²) >= 11 is 0. The molecule has 1 N–H and O–H groups in total. The fourth-order valence-corrected chi connectivity index (χ4v) is 1.77. The number of aromatic nitrogens is 1. The standard InChI is InChI=1S/C13H12FNO2/c1-8-7-15-12(13(16)17-2)11(8)9-3-5-10(14)6-4-9/h3-7,15H,1-2H3. The highest BCUT2D eigenvalue weighted by molar-refractivity contribution is 5.96. The zero-order valence-corrected chi connectivity index (χ0v) is 9.58. The van der Waals surface area contributed by atoms with Crippen LogP contribution in [0.1, 0.15) is 16.1 Å². The van der Waals surface area contributed by atoms with E-state index in [1.54, 1.807) is 18.3 Å². The lowest BCUT2D eigenvalue weighted by molar-refractivity contribution is 0.0595. The molecule has 0 bridgehead atoms. The van der Waals surface area contributed by atoms with Crippen molar-refractivity contribution in [3.05, 3.63) is 47.5 Å². The van der Waals surface area contributed by atoms with E-state index in [4.69, 9.17) is 4.74 Å². The van der Waals surface area contributed by atoms with Crippen molar-refractivity contribution < 1.29 is 13.9 Å². The number of rotatable bonds is 2. The summed E-state index contributed by atoms with van der Waals surface area (Å²) in [6, 6.07) is 6.00. The minimum atomic E-state index is -0.433. The highest BCUT2D eigenvalue weighted by atomic mass is 19.1. The van der Waals surface area contributed by atoms with Crippen molar-refractivity contribution >= 4 is 5.97 Å². The molecule has 2 rings (SSSR count). The van der Waals surface area contributed by atoms with Gasteiger partial charge in [0.2, 0.25) is 0 Å². The molecule has 0 fully saturated rings. The minimum absolute atomic E-state index is 0.304. The Hall–Kier alpha value is -2.10. The van der Waals surface area contributed by atoms with E-state index >= 15 is 0 Å². The number of benzene rings is 1. The molecule has 0 aliphatic heterocycles. The summed E-state index contributed by atoms with van der Waals surface area (Å²) in [6.07, 6.45) is 1.73. The smallest absolute Gasteiger partial charge is 0.355 e. The maximum absolute atomic E-state index is 12.9. The van der Waals surface area contributed by atoms with Gasteiger partial charge in [0.05, 0.1) is 7.11 Å². The molecule has 1 aromatic carbocycles. The van der Waals surface area contributed by atoms with Gasteiger partial charge in [0, 0.05) is 11.8 Å². The van der Waals surface area contributed by atoms with Crippen LogP contribution in [0.25, 0.3) is 11.1 Å². The number of carbonyl (C=O) groups excluding carboxylic acids is 1. The number of methoxy groups -OCH3 is 1. The van der Waals surface area contributed by atoms with Crippen molar-refractivity contribution in [3.63, 3.8) is 0 Å². The molecule has 4 heteroatoms. The van der Waals surface area contributed by atoms with Crippen molar-refractivity contribution in [3.8, 4) is 11.1 Å². The van der Waals surface area contributed by atoms with Crippen LogP contribution in [0.15, 0.2) is 30.5 Å². The van der Waals surface area contributed by atoms with E-state index in [0.29, 0.717) is 5.69 Å². The van der Waals surface area contributed by atoms with Crippen molar-refractivity contribution in [1.29, 1.82) is 0 Å². The lowest BCUT2D eigenvalue weighted by atomic mass is 10.0. The van der Waals surface area contributed by atoms with E-state index in [0.717, 1.165) is 16.7 Å². The SMILES string of the molecule is COC(=O)c1[nH]cc(C)c1-c1ccc(F)cc1. The average molecular weight is 233 g/mol. The van der Waals surface area contributed by atoms with Crippen LogP contribution in [0.3, 0.4) is 0 Å². The first-order chi connectivity index (χ1) is 8.13. The average Bonchev–Trinajstić information content (AvgIpc) is 2.71. The third kappa shape index (κ3) is 2.06. The Morgan fingerprint density at radius 3 is 2.53 bits per heavy atom. The van der Waals surface area contributed by atoms with Crippen molar-refractivity contribution in [2.45, 2.75) is 6.92 Å². The number of ether oxygens (including phenoxy) is 1. The van der Waals surface area contributed by atoms with Crippen LogP contribution in [0, 0.1) is 12.7 Å². The Balaban J connectivity index is 2.54. The number of halogens is 1. The van der Waals surface area contributed by atoms with Crippen LogP contribution in [0.5, 0.6) is 0 Å². The molecule has 17 heavy (non-hydrogen) atoms. The van der Waals surface area contributed by atoms with Gasteiger partial charge in [0.15, 0.2) is 0 Å². The molecule has 1 aromatic heterocycles. The minimum Gasteiger partial charge on any atom is -0.464 e. The van der Waals surface area contributed by atoms with Crippen LogP contribution in [-0.2, 0) is 4.74 Å². The topological polar surface area (TPSA) is 42.1 Å². The number of H-pyrrole nitrogens is 1. The molecule has 0 aliphatic carbocycles. The first-order valence-electron chi connectivity index (χ1n) is 5.15. The van der Waals surface area contributed by atoms with Crippen molar-refractivity contribution in [1.82, 2.24) is 4.98 Å². The van der Waals surface area contributed by atoms with Gasteiger partial charge in [0.1, 0.15) is 11.5 Å². The van der Waals surface area contributed by atoms with Gasteiger partial charge in [-0.3, -0.25) is 0 Å². The van der Waals surface area contributed by atoms with E-state index in [1.807, 2.05) is 6.92 Å². The van der Waals surface area contributed by atoms with Crippen LogP contribution in [0.4, 0.5) is 4.39 Å². The summed E-state index contributed by atoms with van der Waals surface area (Å²) < 4.78 is 17.5. The molecule has 0 unspecified atom stereocenters. The molecule has 0 saturated heterocycles. The largest absolute Gasteiger partial charge is 0.464 e. The quantitative estimate of drug-likeness (QED) is 0.810. The van der Waals surface area contributed by atoms with E-state index < -0.39 is 5.97 Å². The van der Waals surface area contributed by atoms with Gasteiger partial charge >= 0.3 is 5.97 Å². The fraction of sp³-hybridized carbons (Fsp3) is 0.154. The van der Waals surface area contributed by atoms with Crippen LogP contribution in [-0.4, -0.2) is 18.1 Å². The number of aryl methyl sites for hydroxylation is 1. The molecule has 0 aliphatic rings. The molecule has 2 aromatic rings. The van der Waals surface area contributed by atoms with Gasteiger partial charge in [-0.1, -0.05) is 12.1 Å². The Labute approximate surface area is 98.2 Å². The summed E-state index contributed by atoms with van der Waals surface area (Å²) in [7, 11) is 1.33. The first-order valence-corrected chi connectivity index (χ1v) is 5.15. The van der Waals surface area contributed by atoms with Gasteiger partial charge in [-0.2, -0.15) is 0 Å². The number of carbonyl (C=O) groups is 1. The zero-order valence-electron chi connectivity index (χ0n) is 9.58. The van der Waals surface area contributed by atoms with Gasteiger partial charge in [-0.05, 0) is 30.2 Å². The predicted molar refractivity (Wildman–Crippen MR) is 62.3 cm³/mol. The van der Waals surface area contributed by atoms with Gasteiger partial charge < -0.3 is 9.72 Å². The highest BCUT2D eigenvalue weighted by Crippen LogP contribution is 2.27. The normalized spacial score (nSPS) is 10.3. The fourth-order valence-electron chi connectivity index (χ4n) is 1.77. The molecule has 0 radical (unpaired) electrons. The maximum Gasteiger partial charge on any atom is 0.355 e. The second-order valence-electron chi connectivity index (χ2n) is 3.72. The van der Waals surface area contributed by atoms with E-state index in [1.165, 1.54) is 19.2 Å². The summed E-state index contributed by atoms with van der Waals surface area (Å²) in [5.41, 5.74) is 2.83. The molecular weight excluding hydrogens is 221 g/mol. The molecule has 3 nitrogen and oxygen atoms in total. The summed E-state index contributed by atoms with van der Waals surface area (Å²) in [5, 5.41) is 0. The molecule has 88 valence electrons. The Kier molecular flexibility index (Phi) is 2.95. The number of nitrogens with one attached hydrogen (secondary N) is 1. The third-order valence-corrected chi connectivity index (χ3v) is 2.60. The van der Waals surface area contributed by atoms with Crippen molar-refractivity contribution in [2.24, 2.45) is 0 Å². The molecule has 1 heterocycles. The second kappa shape index (κ2) is 4.41. The highest BCUT2D eigenvalue weighted by Gasteiger charge is 2.17. The first kappa shape index (κ1) is 11.4. The van der Waals surface area contributed by atoms with Crippen LogP contribution < -0.4 is 0 Å². The van der Waals surface area contributed by atoms with Gasteiger partial charge in [0.25, 0.3) is 0 Å². The second-order valence-corrected chi connectivity index (χ2v) is 3.72. The predicted octanol–water partition coefficient (Wildman–Crippen LogP) is 2.92. The number of hydrogen-bond acceptors (Lipinski definition) is 2. The monoisotopic (exact) mass is 233 g/mol. The summed E-state index contributed by atoms with van der Waals surface area (Å²) in [6.45, 7) is 1.88. The molecule has 0 amide bonds. The maximum atomic E-state index is 12.9. The number of aromatic amines is 1. The van der Waals surface area contributed by atoms with Gasteiger partial charge in [-0.15, -0.1) is 0 Å². The number of hydrogen-bond donors (Lipinski definition) is 1. The van der Waals surface area contributed by atoms with E-state index in [-0.39, 0.29) is 5.82 Å². The Bertz CT molecular complexity index is 543. The Morgan fingerprint density at radius 2 is 1.94 bits per heavy atom. The van der Waals surface area contributed by atoms with E-state index in [9.17, 15) is 9.18 Å². The van der Waals surface area contributed by atoms with Crippen molar-refractivity contribution in [2.75, 3.05) is 7.11 Å². The number of esters is 1. The molecule has 0 atom stereocenters. The summed E-state index contributed by atoms with van der Waals surface area (Å²) in [5.74, 6) is -0.737. The summed E-state index contributed by atoms with van der Waals surface area (Å²) in [4.78, 5) is 14.4. The lowest BCUT2D eigenvalue weighted by Crippen LogP contribution is -2.03. The van der Waals surface area contributed by atoms with Crippen LogP contribution in [0.2, 0.25) is 0 Å². The van der Waals surface area contributed by atoms with Crippen LogP contribution >= 0.6 is 0 Å².